The topological polar surface area (TPSA) is 78.5 Å². The second-order valence-electron chi connectivity index (χ2n) is 8.42. The van der Waals surface area contributed by atoms with E-state index in [9.17, 15) is 14.4 Å². The van der Waals surface area contributed by atoms with Gasteiger partial charge in [0.15, 0.2) is 0 Å². The summed E-state index contributed by atoms with van der Waals surface area (Å²) < 4.78 is 0. The summed E-state index contributed by atoms with van der Waals surface area (Å²) >= 11 is 0. The minimum Gasteiger partial charge on any atom is -0.341 e. The largest absolute Gasteiger partial charge is 0.341 e. The average molecular weight is 405 g/mol. The van der Waals surface area contributed by atoms with Crippen molar-refractivity contribution in [1.29, 1.82) is 0 Å². The number of nitrogens with zero attached hydrogens (tertiary/aromatic N) is 1. The first-order chi connectivity index (χ1) is 14.4. The van der Waals surface area contributed by atoms with Crippen molar-refractivity contribution in [3.8, 4) is 0 Å². The first kappa shape index (κ1) is 20.1. The van der Waals surface area contributed by atoms with E-state index in [2.05, 4.69) is 10.6 Å². The van der Waals surface area contributed by atoms with E-state index in [1.165, 1.54) is 0 Å². The molecule has 6 nitrogen and oxygen atoms in total. The van der Waals surface area contributed by atoms with Crippen LogP contribution in [0.4, 0.5) is 4.79 Å². The maximum Gasteiger partial charge on any atom is 0.325 e. The van der Waals surface area contributed by atoms with Gasteiger partial charge in [-0.3, -0.25) is 9.59 Å². The fraction of sp³-hybridized carbons (Fsp3) is 0.375. The molecule has 4 amide bonds. The fourth-order valence-corrected chi connectivity index (χ4v) is 4.63. The molecule has 30 heavy (non-hydrogen) atoms. The summed E-state index contributed by atoms with van der Waals surface area (Å²) in [5.41, 5.74) is 0.203. The quantitative estimate of drug-likeness (QED) is 0.749. The Morgan fingerprint density at radius 2 is 1.50 bits per heavy atom. The summed E-state index contributed by atoms with van der Waals surface area (Å²) in [6, 6.07) is 18.0. The highest BCUT2D eigenvalue weighted by atomic mass is 16.2. The molecule has 2 fully saturated rings. The lowest BCUT2D eigenvalue weighted by Gasteiger charge is -2.34. The van der Waals surface area contributed by atoms with E-state index >= 15 is 0 Å². The van der Waals surface area contributed by atoms with Crippen LogP contribution in [0.5, 0.6) is 0 Å². The van der Waals surface area contributed by atoms with Crippen molar-refractivity contribution >= 4 is 17.8 Å². The van der Waals surface area contributed by atoms with Gasteiger partial charge in [-0.25, -0.2) is 9.69 Å². The third-order valence-corrected chi connectivity index (χ3v) is 6.49. The van der Waals surface area contributed by atoms with Crippen molar-refractivity contribution in [3.05, 3.63) is 71.8 Å². The Balaban J connectivity index is 1.62. The number of amides is 4. The Morgan fingerprint density at radius 3 is 2.00 bits per heavy atom. The summed E-state index contributed by atoms with van der Waals surface area (Å²) in [7, 11) is 0. The van der Waals surface area contributed by atoms with Crippen molar-refractivity contribution in [2.45, 2.75) is 56.7 Å². The zero-order valence-electron chi connectivity index (χ0n) is 17.4. The molecule has 2 N–H and O–H groups in total. The van der Waals surface area contributed by atoms with Crippen molar-refractivity contribution in [2.75, 3.05) is 0 Å². The molecular formula is C24H27N3O3. The molecule has 2 aromatic rings. The predicted molar refractivity (Wildman–Crippen MR) is 114 cm³/mol. The number of carbonyl (C=O) groups is 3. The van der Waals surface area contributed by atoms with Crippen molar-refractivity contribution in [3.63, 3.8) is 0 Å². The van der Waals surface area contributed by atoms with Gasteiger partial charge in [0.1, 0.15) is 11.6 Å². The Hall–Kier alpha value is -3.15. The molecule has 0 aromatic heterocycles. The molecule has 0 radical (unpaired) electrons. The number of benzene rings is 2. The standard InChI is InChI=1S/C24H27N3O3/c1-17(27-21(29)24(26-22(27)30)15-9-10-16-24)20(28)25-23(2,18-11-5-3-6-12-18)19-13-7-4-8-14-19/h3-8,11-14,17H,9-10,15-16H2,1-2H3,(H,25,28)(H,26,30). The first-order valence-electron chi connectivity index (χ1n) is 10.5. The van der Waals surface area contributed by atoms with Crippen LogP contribution in [0.3, 0.4) is 0 Å². The monoisotopic (exact) mass is 405 g/mol. The van der Waals surface area contributed by atoms with Crippen LogP contribution in [0.15, 0.2) is 60.7 Å². The van der Waals surface area contributed by atoms with Crippen LogP contribution in [0, 0.1) is 0 Å². The van der Waals surface area contributed by atoms with Crippen LogP contribution in [-0.4, -0.2) is 34.3 Å². The molecule has 1 atom stereocenters. The van der Waals surface area contributed by atoms with Gasteiger partial charge in [0.2, 0.25) is 5.91 Å². The molecule has 1 spiro atoms. The molecule has 1 aliphatic heterocycles. The summed E-state index contributed by atoms with van der Waals surface area (Å²) in [6.07, 6.45) is 3.07. The van der Waals surface area contributed by atoms with Gasteiger partial charge >= 0.3 is 6.03 Å². The predicted octanol–water partition coefficient (Wildman–Crippen LogP) is 3.32. The van der Waals surface area contributed by atoms with Gasteiger partial charge in [0, 0.05) is 0 Å². The van der Waals surface area contributed by atoms with Crippen LogP contribution in [0.1, 0.15) is 50.7 Å². The summed E-state index contributed by atoms with van der Waals surface area (Å²) in [5.74, 6) is -0.655. The smallest absolute Gasteiger partial charge is 0.325 e. The van der Waals surface area contributed by atoms with Gasteiger partial charge in [-0.1, -0.05) is 73.5 Å². The second kappa shape index (κ2) is 7.59. The number of nitrogens with one attached hydrogen (secondary N) is 2. The third-order valence-electron chi connectivity index (χ3n) is 6.49. The van der Waals surface area contributed by atoms with Crippen molar-refractivity contribution in [2.24, 2.45) is 0 Å². The molecule has 4 rings (SSSR count). The van der Waals surface area contributed by atoms with E-state index in [0.717, 1.165) is 28.9 Å². The average Bonchev–Trinajstić information content (AvgIpc) is 3.33. The minimum atomic E-state index is -0.913. The molecule has 2 aromatic carbocycles. The molecule has 1 unspecified atom stereocenters. The van der Waals surface area contributed by atoms with Crippen molar-refractivity contribution in [1.82, 2.24) is 15.5 Å². The van der Waals surface area contributed by atoms with Crippen LogP contribution in [0.25, 0.3) is 0 Å². The molecule has 1 saturated heterocycles. The fourth-order valence-electron chi connectivity index (χ4n) is 4.63. The number of hydrogen-bond acceptors (Lipinski definition) is 3. The molecule has 2 aliphatic rings. The van der Waals surface area contributed by atoms with E-state index in [4.69, 9.17) is 0 Å². The van der Waals surface area contributed by atoms with E-state index in [-0.39, 0.29) is 11.8 Å². The Kier molecular flexibility index (Phi) is 5.10. The maximum atomic E-state index is 13.3. The molecule has 1 saturated carbocycles. The van der Waals surface area contributed by atoms with Crippen LogP contribution in [-0.2, 0) is 15.1 Å². The summed E-state index contributed by atoms with van der Waals surface area (Å²) in [6.45, 7) is 3.55. The maximum absolute atomic E-state index is 13.3. The normalized spacial score (nSPS) is 19.1. The lowest BCUT2D eigenvalue weighted by molar-refractivity contribution is -0.138. The molecule has 1 aliphatic carbocycles. The highest BCUT2D eigenvalue weighted by Crippen LogP contribution is 2.36. The van der Waals surface area contributed by atoms with Gasteiger partial charge in [-0.05, 0) is 37.8 Å². The summed E-state index contributed by atoms with van der Waals surface area (Å²) in [5, 5.41) is 5.96. The number of rotatable bonds is 5. The van der Waals surface area contributed by atoms with Crippen LogP contribution in [0.2, 0.25) is 0 Å². The minimum absolute atomic E-state index is 0.284. The van der Waals surface area contributed by atoms with Crippen LogP contribution >= 0.6 is 0 Å². The zero-order chi connectivity index (χ0) is 21.4. The number of carbonyl (C=O) groups excluding carboxylic acids is 3. The lowest BCUT2D eigenvalue weighted by atomic mass is 9.84. The third kappa shape index (κ3) is 3.26. The van der Waals surface area contributed by atoms with Gasteiger partial charge < -0.3 is 10.6 Å². The molecule has 0 bridgehead atoms. The number of imide groups is 1. The van der Waals surface area contributed by atoms with E-state index < -0.39 is 23.2 Å². The SMILES string of the molecule is CC(C(=O)NC(C)(c1ccccc1)c1ccccc1)N1C(=O)NC2(CCCC2)C1=O. The summed E-state index contributed by atoms with van der Waals surface area (Å²) in [4.78, 5) is 40.1. The Bertz CT molecular complexity index is 913. The highest BCUT2D eigenvalue weighted by molar-refractivity contribution is 6.10. The zero-order valence-corrected chi connectivity index (χ0v) is 17.4. The Labute approximate surface area is 176 Å². The molecule has 1 heterocycles. The molecule has 6 heteroatoms. The molecular weight excluding hydrogens is 378 g/mol. The second-order valence-corrected chi connectivity index (χ2v) is 8.42. The molecule has 156 valence electrons. The Morgan fingerprint density at radius 1 is 1.00 bits per heavy atom. The lowest BCUT2D eigenvalue weighted by Crippen LogP contribution is -2.54. The van der Waals surface area contributed by atoms with Gasteiger partial charge in [0.05, 0.1) is 5.54 Å². The number of hydrogen-bond donors (Lipinski definition) is 2. The van der Waals surface area contributed by atoms with Crippen molar-refractivity contribution < 1.29 is 14.4 Å². The van der Waals surface area contributed by atoms with E-state index in [1.54, 1.807) is 6.92 Å². The number of urea groups is 1. The first-order valence-corrected chi connectivity index (χ1v) is 10.5. The highest BCUT2D eigenvalue weighted by Gasteiger charge is 2.54. The van der Waals surface area contributed by atoms with Gasteiger partial charge in [-0.15, -0.1) is 0 Å². The van der Waals surface area contributed by atoms with E-state index in [1.807, 2.05) is 67.6 Å². The van der Waals surface area contributed by atoms with Crippen LogP contribution < -0.4 is 10.6 Å². The van der Waals surface area contributed by atoms with E-state index in [0.29, 0.717) is 12.8 Å². The van der Waals surface area contributed by atoms with Gasteiger partial charge in [-0.2, -0.15) is 0 Å². The van der Waals surface area contributed by atoms with Gasteiger partial charge in [0.25, 0.3) is 5.91 Å².